The summed E-state index contributed by atoms with van der Waals surface area (Å²) in [7, 11) is 3.79. The summed E-state index contributed by atoms with van der Waals surface area (Å²) >= 11 is 0. The highest BCUT2D eigenvalue weighted by Gasteiger charge is 2.21. The van der Waals surface area contributed by atoms with E-state index in [1.807, 2.05) is 11.7 Å². The number of rotatable bonds is 7. The lowest BCUT2D eigenvalue weighted by atomic mass is 10.0. The lowest BCUT2D eigenvalue weighted by molar-refractivity contribution is 0.198. The molecule has 1 aromatic carbocycles. The van der Waals surface area contributed by atoms with E-state index < -0.39 is 11.6 Å². The number of nitrogens with zero attached hydrogens (tertiary/aromatic N) is 4. The maximum atomic E-state index is 13.4. The van der Waals surface area contributed by atoms with E-state index in [0.717, 1.165) is 56.0 Å². The Balaban J connectivity index is 1.49. The number of likely N-dealkylation sites (tertiary alicyclic amines) is 1. The third kappa shape index (κ3) is 5.81. The van der Waals surface area contributed by atoms with Crippen LogP contribution in [-0.4, -0.2) is 46.8 Å². The molecule has 2 heterocycles. The second-order valence-corrected chi connectivity index (χ2v) is 8.07. The van der Waals surface area contributed by atoms with Crippen LogP contribution in [0.3, 0.4) is 0 Å². The van der Waals surface area contributed by atoms with Crippen molar-refractivity contribution in [3.8, 4) is 0 Å². The normalized spacial score (nSPS) is 16.0. The maximum absolute atomic E-state index is 13.4. The van der Waals surface area contributed by atoms with E-state index in [1.165, 1.54) is 23.4 Å². The second kappa shape index (κ2) is 10.7. The molecular formula is C23H34F2N6. The second-order valence-electron chi connectivity index (χ2n) is 8.07. The summed E-state index contributed by atoms with van der Waals surface area (Å²) in [5.41, 5.74) is 4.45. The minimum Gasteiger partial charge on any atom is -0.354 e. The predicted octanol–water partition coefficient (Wildman–Crippen LogP) is 3.15. The van der Waals surface area contributed by atoms with E-state index >= 15 is 0 Å². The zero-order valence-corrected chi connectivity index (χ0v) is 19.0. The van der Waals surface area contributed by atoms with Gasteiger partial charge in [-0.15, -0.1) is 0 Å². The molecule has 2 N–H and O–H groups in total. The molecule has 0 bridgehead atoms. The van der Waals surface area contributed by atoms with Crippen molar-refractivity contribution >= 4 is 5.96 Å². The van der Waals surface area contributed by atoms with E-state index in [1.54, 1.807) is 13.1 Å². The zero-order valence-electron chi connectivity index (χ0n) is 19.0. The summed E-state index contributed by atoms with van der Waals surface area (Å²) < 4.78 is 28.5. The number of aromatic nitrogens is 2. The molecule has 1 saturated heterocycles. The van der Waals surface area contributed by atoms with Crippen LogP contribution >= 0.6 is 0 Å². The molecule has 0 spiro atoms. The summed E-state index contributed by atoms with van der Waals surface area (Å²) in [5.74, 6) is -0.782. The van der Waals surface area contributed by atoms with Crippen LogP contribution in [0.2, 0.25) is 0 Å². The van der Waals surface area contributed by atoms with Crippen molar-refractivity contribution in [2.75, 3.05) is 20.1 Å². The molecule has 1 aliphatic heterocycles. The molecule has 1 aliphatic rings. The topological polar surface area (TPSA) is 57.5 Å². The number of piperidine rings is 1. The highest BCUT2D eigenvalue weighted by Crippen LogP contribution is 2.17. The molecule has 2 aromatic rings. The first-order valence-corrected chi connectivity index (χ1v) is 11.1. The fraction of sp³-hybridized carbons (Fsp3) is 0.565. The van der Waals surface area contributed by atoms with Crippen LogP contribution in [0.1, 0.15) is 49.2 Å². The summed E-state index contributed by atoms with van der Waals surface area (Å²) in [6.45, 7) is 7.42. The Hall–Kier alpha value is -2.48. The summed E-state index contributed by atoms with van der Waals surface area (Å²) in [6, 6.07) is 4.48. The van der Waals surface area contributed by atoms with E-state index in [9.17, 15) is 8.78 Å². The number of hydrogen-bond donors (Lipinski definition) is 2. The Morgan fingerprint density at radius 3 is 2.52 bits per heavy atom. The van der Waals surface area contributed by atoms with Gasteiger partial charge >= 0.3 is 0 Å². The van der Waals surface area contributed by atoms with E-state index in [4.69, 9.17) is 0 Å². The van der Waals surface area contributed by atoms with Gasteiger partial charge in [0, 0.05) is 57.6 Å². The number of guanidine groups is 1. The summed E-state index contributed by atoms with van der Waals surface area (Å²) in [4.78, 5) is 6.67. The van der Waals surface area contributed by atoms with Crippen LogP contribution in [0.5, 0.6) is 0 Å². The quantitative estimate of drug-likeness (QED) is 0.521. The van der Waals surface area contributed by atoms with Crippen molar-refractivity contribution in [2.45, 2.75) is 58.7 Å². The molecule has 6 nitrogen and oxygen atoms in total. The van der Waals surface area contributed by atoms with Gasteiger partial charge in [0.05, 0.1) is 5.69 Å². The average molecular weight is 433 g/mol. The van der Waals surface area contributed by atoms with Crippen LogP contribution in [0, 0.1) is 11.6 Å². The Kier molecular flexibility index (Phi) is 8.01. The monoisotopic (exact) mass is 432 g/mol. The first kappa shape index (κ1) is 23.2. The standard InChI is InChI=1S/C23H34F2N6/c1-5-21-18(22(6-2)30(4)29-21)14-27-23(26-3)28-17-9-11-31(12-10-17)15-16-7-8-19(24)20(25)13-16/h7-8,13,17H,5-6,9-12,14-15H2,1-4H3,(H2,26,27,28). The van der Waals surface area contributed by atoms with E-state index in [-0.39, 0.29) is 0 Å². The Morgan fingerprint density at radius 2 is 1.90 bits per heavy atom. The molecule has 0 unspecified atom stereocenters. The molecule has 0 aliphatic carbocycles. The van der Waals surface area contributed by atoms with Crippen molar-refractivity contribution in [3.63, 3.8) is 0 Å². The molecule has 170 valence electrons. The van der Waals surface area contributed by atoms with Crippen molar-refractivity contribution in [1.82, 2.24) is 25.3 Å². The summed E-state index contributed by atoms with van der Waals surface area (Å²) in [5, 5.41) is 11.6. The highest BCUT2D eigenvalue weighted by molar-refractivity contribution is 5.80. The molecular weight excluding hydrogens is 398 g/mol. The summed E-state index contributed by atoms with van der Waals surface area (Å²) in [6.07, 6.45) is 3.80. The fourth-order valence-corrected chi connectivity index (χ4v) is 4.29. The van der Waals surface area contributed by atoms with Crippen LogP contribution in [-0.2, 0) is 33.0 Å². The molecule has 0 atom stereocenters. The van der Waals surface area contributed by atoms with Gasteiger partial charge in [0.2, 0.25) is 0 Å². The van der Waals surface area contributed by atoms with E-state index in [2.05, 4.69) is 39.5 Å². The van der Waals surface area contributed by atoms with Gasteiger partial charge in [-0.25, -0.2) is 8.78 Å². The highest BCUT2D eigenvalue weighted by atomic mass is 19.2. The Labute approximate surface area is 183 Å². The molecule has 31 heavy (non-hydrogen) atoms. The SMILES string of the molecule is CCc1nn(C)c(CC)c1CNC(=NC)NC1CCN(Cc2ccc(F)c(F)c2)CC1. The van der Waals surface area contributed by atoms with Gasteiger partial charge in [-0.2, -0.15) is 5.10 Å². The minimum absolute atomic E-state index is 0.331. The number of benzene rings is 1. The minimum atomic E-state index is -0.797. The van der Waals surface area contributed by atoms with Crippen molar-refractivity contribution < 1.29 is 8.78 Å². The number of aliphatic imine (C=N–C) groups is 1. The first-order chi connectivity index (χ1) is 14.9. The molecule has 0 amide bonds. The average Bonchev–Trinajstić information content (AvgIpc) is 3.09. The smallest absolute Gasteiger partial charge is 0.191 e. The van der Waals surface area contributed by atoms with Crippen molar-refractivity contribution in [1.29, 1.82) is 0 Å². The van der Waals surface area contributed by atoms with Gasteiger partial charge in [-0.05, 0) is 43.4 Å². The van der Waals surface area contributed by atoms with Gasteiger partial charge in [0.25, 0.3) is 0 Å². The lowest BCUT2D eigenvalue weighted by Crippen LogP contribution is -2.48. The maximum Gasteiger partial charge on any atom is 0.191 e. The largest absolute Gasteiger partial charge is 0.354 e. The van der Waals surface area contributed by atoms with Crippen LogP contribution in [0.4, 0.5) is 8.78 Å². The number of halogens is 2. The van der Waals surface area contributed by atoms with Gasteiger partial charge < -0.3 is 10.6 Å². The number of hydrogen-bond acceptors (Lipinski definition) is 3. The molecule has 1 aromatic heterocycles. The molecule has 1 fully saturated rings. The van der Waals surface area contributed by atoms with Gasteiger partial charge in [-0.3, -0.25) is 14.6 Å². The van der Waals surface area contributed by atoms with Gasteiger partial charge in [-0.1, -0.05) is 19.9 Å². The Bertz CT molecular complexity index is 900. The first-order valence-electron chi connectivity index (χ1n) is 11.1. The molecule has 0 saturated carbocycles. The van der Waals surface area contributed by atoms with Gasteiger partial charge in [0.1, 0.15) is 0 Å². The third-order valence-corrected chi connectivity index (χ3v) is 6.00. The Morgan fingerprint density at radius 1 is 1.16 bits per heavy atom. The number of aryl methyl sites for hydroxylation is 2. The zero-order chi connectivity index (χ0) is 22.4. The van der Waals surface area contributed by atoms with Crippen molar-refractivity contribution in [3.05, 3.63) is 52.3 Å². The third-order valence-electron chi connectivity index (χ3n) is 6.00. The molecule has 3 rings (SSSR count). The van der Waals surface area contributed by atoms with Crippen LogP contribution < -0.4 is 10.6 Å². The van der Waals surface area contributed by atoms with Crippen LogP contribution in [0.25, 0.3) is 0 Å². The van der Waals surface area contributed by atoms with Crippen LogP contribution in [0.15, 0.2) is 23.2 Å². The number of nitrogens with one attached hydrogen (secondary N) is 2. The van der Waals surface area contributed by atoms with Crippen molar-refractivity contribution in [2.24, 2.45) is 12.0 Å². The predicted molar refractivity (Wildman–Crippen MR) is 120 cm³/mol. The van der Waals surface area contributed by atoms with E-state index in [0.29, 0.717) is 19.1 Å². The molecule has 0 radical (unpaired) electrons. The lowest BCUT2D eigenvalue weighted by Gasteiger charge is -2.33. The van der Waals surface area contributed by atoms with Gasteiger partial charge in [0.15, 0.2) is 17.6 Å². The molecule has 8 heteroatoms. The fourth-order valence-electron chi connectivity index (χ4n) is 4.29.